The lowest BCUT2D eigenvalue weighted by Gasteiger charge is -2.24. The summed E-state index contributed by atoms with van der Waals surface area (Å²) < 4.78 is 0. The molecule has 4 heteroatoms. The van der Waals surface area contributed by atoms with E-state index in [4.69, 9.17) is 16.6 Å². The van der Waals surface area contributed by atoms with Gasteiger partial charge in [-0.15, -0.1) is 0 Å². The molecule has 0 unspecified atom stereocenters. The summed E-state index contributed by atoms with van der Waals surface area (Å²) in [5.41, 5.74) is 10.3. The number of phenols is 1. The van der Waals surface area contributed by atoms with Crippen LogP contribution in [0.5, 0.6) is 5.75 Å². The molecule has 0 amide bonds. The Labute approximate surface area is 203 Å². The van der Waals surface area contributed by atoms with Gasteiger partial charge in [-0.05, 0) is 89.7 Å². The van der Waals surface area contributed by atoms with Crippen molar-refractivity contribution in [2.45, 2.75) is 12.8 Å². The van der Waals surface area contributed by atoms with E-state index >= 15 is 0 Å². The molecule has 5 aromatic rings. The second kappa shape index (κ2) is 8.44. The third-order valence-electron chi connectivity index (χ3n) is 6.42. The molecule has 3 nitrogen and oxygen atoms in total. The number of hydrogen-bond donors (Lipinski definition) is 1. The van der Waals surface area contributed by atoms with Gasteiger partial charge in [-0.2, -0.15) is 0 Å². The maximum Gasteiger partial charge on any atom is 0.124 e. The molecule has 2 heterocycles. The minimum atomic E-state index is 0.232. The molecular formula is C30H21ClN2O. The van der Waals surface area contributed by atoms with Gasteiger partial charge in [0.2, 0.25) is 0 Å². The van der Waals surface area contributed by atoms with Gasteiger partial charge in [-0.3, -0.25) is 4.98 Å². The lowest BCUT2D eigenvalue weighted by molar-refractivity contribution is 0.477. The van der Waals surface area contributed by atoms with Crippen LogP contribution in [0.15, 0.2) is 97.2 Å². The molecule has 34 heavy (non-hydrogen) atoms. The Hall–Kier alpha value is -3.95. The van der Waals surface area contributed by atoms with Gasteiger partial charge in [0.1, 0.15) is 5.75 Å². The molecule has 2 aromatic heterocycles. The van der Waals surface area contributed by atoms with Crippen molar-refractivity contribution in [3.05, 3.63) is 113 Å². The fourth-order valence-corrected chi connectivity index (χ4v) is 4.87. The van der Waals surface area contributed by atoms with Crippen molar-refractivity contribution in [2.24, 2.45) is 0 Å². The monoisotopic (exact) mass is 460 g/mol. The Morgan fingerprint density at radius 2 is 1.47 bits per heavy atom. The summed E-state index contributed by atoms with van der Waals surface area (Å²) in [4.78, 5) is 9.67. The summed E-state index contributed by atoms with van der Waals surface area (Å²) in [5, 5.41) is 11.1. The third kappa shape index (κ3) is 3.64. The van der Waals surface area contributed by atoms with Gasteiger partial charge in [0.05, 0.1) is 17.1 Å². The molecule has 0 fully saturated rings. The van der Waals surface area contributed by atoms with E-state index in [1.807, 2.05) is 60.8 Å². The highest BCUT2D eigenvalue weighted by Gasteiger charge is 2.23. The minimum absolute atomic E-state index is 0.232. The van der Waals surface area contributed by atoms with Gasteiger partial charge in [-0.25, -0.2) is 4.98 Å². The van der Waals surface area contributed by atoms with Crippen molar-refractivity contribution in [3.63, 3.8) is 0 Å². The molecule has 1 N–H and O–H groups in total. The highest BCUT2D eigenvalue weighted by atomic mass is 35.5. The van der Waals surface area contributed by atoms with Crippen LogP contribution in [-0.4, -0.2) is 15.1 Å². The number of phenolic OH excluding ortho intramolecular Hbond substituents is 1. The first-order valence-corrected chi connectivity index (χ1v) is 11.7. The van der Waals surface area contributed by atoms with Crippen molar-refractivity contribution in [1.82, 2.24) is 9.97 Å². The second-order valence-electron chi connectivity index (χ2n) is 8.49. The summed E-state index contributed by atoms with van der Waals surface area (Å²) >= 11 is 6.18. The van der Waals surface area contributed by atoms with E-state index in [0.717, 1.165) is 57.2 Å². The number of aromatic hydroxyl groups is 1. The van der Waals surface area contributed by atoms with Gasteiger partial charge in [0.15, 0.2) is 0 Å². The molecule has 0 bridgehead atoms. The van der Waals surface area contributed by atoms with E-state index in [1.54, 1.807) is 6.07 Å². The Morgan fingerprint density at radius 3 is 2.26 bits per heavy atom. The lowest BCUT2D eigenvalue weighted by Crippen LogP contribution is -2.08. The van der Waals surface area contributed by atoms with Crippen LogP contribution in [-0.2, 0) is 12.8 Å². The smallest absolute Gasteiger partial charge is 0.124 e. The molecule has 0 radical (unpaired) electrons. The molecule has 6 rings (SSSR count). The number of fused-ring (bicyclic) bond motifs is 3. The van der Waals surface area contributed by atoms with E-state index < -0.39 is 0 Å². The van der Waals surface area contributed by atoms with Crippen LogP contribution in [0.2, 0.25) is 5.02 Å². The summed E-state index contributed by atoms with van der Waals surface area (Å²) in [6.07, 6.45) is 3.67. The van der Waals surface area contributed by atoms with Gasteiger partial charge >= 0.3 is 0 Å². The fourth-order valence-electron chi connectivity index (χ4n) is 4.74. The van der Waals surface area contributed by atoms with Crippen molar-refractivity contribution >= 4 is 11.6 Å². The first-order chi connectivity index (χ1) is 16.7. The average molecular weight is 461 g/mol. The van der Waals surface area contributed by atoms with Crippen LogP contribution in [0.1, 0.15) is 11.1 Å². The summed E-state index contributed by atoms with van der Waals surface area (Å²) in [6, 6.07) is 29.9. The van der Waals surface area contributed by atoms with Gasteiger partial charge in [-0.1, -0.05) is 48.0 Å². The molecule has 0 spiro atoms. The van der Waals surface area contributed by atoms with E-state index in [2.05, 4.69) is 35.3 Å². The van der Waals surface area contributed by atoms with Crippen LogP contribution in [0.4, 0.5) is 0 Å². The second-order valence-corrected chi connectivity index (χ2v) is 8.93. The zero-order valence-corrected chi connectivity index (χ0v) is 19.1. The third-order valence-corrected chi connectivity index (χ3v) is 6.68. The minimum Gasteiger partial charge on any atom is -0.507 e. The molecule has 0 atom stereocenters. The SMILES string of the molecule is Oc1ccccc1-c1ccc2c(n1)-c1cc(-c3ccccn3)cc(-c3ccc(Cl)cc3)c1CC2. The number of pyridine rings is 2. The molecule has 0 aliphatic heterocycles. The summed E-state index contributed by atoms with van der Waals surface area (Å²) in [7, 11) is 0. The topological polar surface area (TPSA) is 46.0 Å². The highest BCUT2D eigenvalue weighted by molar-refractivity contribution is 6.30. The average Bonchev–Trinajstić information content (AvgIpc) is 2.89. The largest absolute Gasteiger partial charge is 0.507 e. The maximum atomic E-state index is 10.4. The molecule has 3 aromatic carbocycles. The normalized spacial score (nSPS) is 12.1. The van der Waals surface area contributed by atoms with E-state index in [9.17, 15) is 5.11 Å². The van der Waals surface area contributed by atoms with Crippen LogP contribution in [0, 0.1) is 0 Å². The van der Waals surface area contributed by atoms with E-state index in [-0.39, 0.29) is 5.75 Å². The number of rotatable bonds is 3. The zero-order valence-electron chi connectivity index (χ0n) is 18.4. The molecule has 164 valence electrons. The van der Waals surface area contributed by atoms with Gasteiger partial charge in [0.25, 0.3) is 0 Å². The molecule has 0 saturated heterocycles. The van der Waals surface area contributed by atoms with Crippen molar-refractivity contribution in [1.29, 1.82) is 0 Å². The van der Waals surface area contributed by atoms with Crippen LogP contribution >= 0.6 is 11.6 Å². The number of benzene rings is 3. The lowest BCUT2D eigenvalue weighted by atomic mass is 9.82. The predicted molar refractivity (Wildman–Crippen MR) is 138 cm³/mol. The molecule has 1 aliphatic rings. The number of hydrogen-bond acceptors (Lipinski definition) is 3. The molecular weight excluding hydrogens is 440 g/mol. The van der Waals surface area contributed by atoms with Gasteiger partial charge in [0, 0.05) is 27.9 Å². The van der Waals surface area contributed by atoms with E-state index in [0.29, 0.717) is 0 Å². The zero-order chi connectivity index (χ0) is 23.1. The Balaban J connectivity index is 1.60. The highest BCUT2D eigenvalue weighted by Crippen LogP contribution is 2.42. The maximum absolute atomic E-state index is 10.4. The van der Waals surface area contributed by atoms with Crippen LogP contribution in [0.3, 0.4) is 0 Å². The number of para-hydroxylation sites is 1. The Kier molecular flexibility index (Phi) is 5.12. The Bertz CT molecular complexity index is 1510. The summed E-state index contributed by atoms with van der Waals surface area (Å²) in [5.74, 6) is 0.232. The first kappa shape index (κ1) is 20.6. The van der Waals surface area contributed by atoms with Crippen molar-refractivity contribution < 1.29 is 5.11 Å². The number of aryl methyl sites for hydroxylation is 1. The number of aromatic nitrogens is 2. The van der Waals surface area contributed by atoms with Crippen molar-refractivity contribution in [3.8, 4) is 50.6 Å². The molecule has 0 saturated carbocycles. The molecule has 1 aliphatic carbocycles. The Morgan fingerprint density at radius 1 is 0.676 bits per heavy atom. The quantitative estimate of drug-likeness (QED) is 0.301. The van der Waals surface area contributed by atoms with E-state index in [1.165, 1.54) is 16.7 Å². The van der Waals surface area contributed by atoms with Crippen LogP contribution < -0.4 is 0 Å². The van der Waals surface area contributed by atoms with Crippen LogP contribution in [0.25, 0.3) is 44.9 Å². The summed E-state index contributed by atoms with van der Waals surface area (Å²) in [6.45, 7) is 0. The van der Waals surface area contributed by atoms with Gasteiger partial charge < -0.3 is 5.11 Å². The fraction of sp³-hybridized carbons (Fsp3) is 0.0667. The number of nitrogens with zero attached hydrogens (tertiary/aromatic N) is 2. The standard InChI is InChI=1S/C30H21ClN2O/c31-22-12-8-19(9-13-22)25-17-21(27-6-3-4-16-32-27)18-26-23(25)14-10-20-11-15-28(33-30(20)26)24-5-1-2-7-29(24)34/h1-9,11-13,15-18,34H,10,14H2. The van der Waals surface area contributed by atoms with Crippen molar-refractivity contribution in [2.75, 3.05) is 0 Å². The first-order valence-electron chi connectivity index (χ1n) is 11.3. The number of halogens is 1. The predicted octanol–water partition coefficient (Wildman–Crippen LogP) is 7.60.